The highest BCUT2D eigenvalue weighted by Gasteiger charge is 2.78. The standard InChI is InChI=1S/C9HI19O/c10-1(11,2(12,13)4(16,17)6(20,21)8(23,24)25)3(14,15)5(18,19)7(22,29)9(26,27)28/h29H. The molecule has 0 amide bonds. The first-order chi connectivity index (χ1) is 12.0. The molecule has 0 aromatic rings. The van der Waals surface area contributed by atoms with E-state index in [2.05, 4.69) is 429 Å². The first kappa shape index (κ1) is 42.8. The van der Waals surface area contributed by atoms with Crippen LogP contribution in [-0.2, 0) is 0 Å². The SMILES string of the molecule is OC(I)(C(I)(I)I)C(I)(I)C(I)(I)C(I)(I)C(I)(I)C(I)(I)C(I)(I)C(I)(I)I. The zero-order valence-electron chi connectivity index (χ0n) is 12.1. The topological polar surface area (TPSA) is 20.2 Å². The fourth-order valence-corrected chi connectivity index (χ4v) is 28.5. The van der Waals surface area contributed by atoms with Crippen LogP contribution in [0.5, 0.6) is 0 Å². The molecule has 0 heterocycles. The van der Waals surface area contributed by atoms with E-state index in [0.29, 0.717) is 0 Å². The van der Waals surface area contributed by atoms with Gasteiger partial charge in [-0.25, -0.2) is 0 Å². The summed E-state index contributed by atoms with van der Waals surface area (Å²) in [6, 6.07) is 0. The molecule has 0 aliphatic rings. The van der Waals surface area contributed by atoms with Gasteiger partial charge in [0, 0.05) is 0 Å². The third-order valence-corrected chi connectivity index (χ3v) is 60.9. The zero-order valence-corrected chi connectivity index (χ0v) is 53.1. The normalized spacial score (nSPS) is 18.6. The summed E-state index contributed by atoms with van der Waals surface area (Å²) >= 11 is 48.4. The summed E-state index contributed by atoms with van der Waals surface area (Å²) in [5.41, 5.74) is 0. The lowest BCUT2D eigenvalue weighted by Crippen LogP contribution is -2.69. The lowest BCUT2D eigenvalue weighted by molar-refractivity contribution is 0.172. The summed E-state index contributed by atoms with van der Waals surface area (Å²) in [7, 11) is 0. The van der Waals surface area contributed by atoms with E-state index in [1.807, 2.05) is 0 Å². The van der Waals surface area contributed by atoms with Crippen LogP contribution in [0.25, 0.3) is 0 Å². The van der Waals surface area contributed by atoms with Crippen molar-refractivity contribution in [2.45, 2.75) is 11.0 Å². The summed E-state index contributed by atoms with van der Waals surface area (Å²) in [6.07, 6.45) is 0. The lowest BCUT2D eigenvalue weighted by Gasteiger charge is -2.58. The number of rotatable bonds is 8. The van der Waals surface area contributed by atoms with E-state index in [0.717, 1.165) is 0 Å². The van der Waals surface area contributed by atoms with Crippen LogP contribution in [0, 0.1) is 0 Å². The van der Waals surface area contributed by atoms with Crippen LogP contribution in [0.1, 0.15) is 0 Å². The van der Waals surface area contributed by atoms with E-state index < -0.39 is 5.04 Å². The van der Waals surface area contributed by atoms with E-state index in [-0.39, 0.29) is 6.01 Å². The second kappa shape index (κ2) is 15.2. The second-order valence-corrected chi connectivity index (χ2v) is 60.5. The molecule has 0 saturated heterocycles. The molecule has 1 atom stereocenters. The van der Waals surface area contributed by atoms with E-state index in [1.54, 1.807) is 0 Å². The van der Waals surface area contributed by atoms with Gasteiger partial charge in [-0.3, -0.25) is 0 Å². The molecule has 0 aromatic heterocycles. The Bertz CT molecular complexity index is 554. The Balaban J connectivity index is 6.82. The van der Waals surface area contributed by atoms with Crippen molar-refractivity contribution < 1.29 is 5.11 Å². The van der Waals surface area contributed by atoms with Crippen LogP contribution in [0.3, 0.4) is 0 Å². The molecule has 0 aliphatic heterocycles. The van der Waals surface area contributed by atoms with Gasteiger partial charge in [-0.05, 0) is 22.6 Å². The first-order valence-corrected chi connectivity index (χ1v) is 26.3. The molecular weight excluding hydrogens is 2540 g/mol. The summed E-state index contributed by atoms with van der Waals surface area (Å²) in [5, 5.41) is 11.8. The van der Waals surface area contributed by atoms with Crippen molar-refractivity contribution in [2.75, 3.05) is 0 Å². The number of halogens is 19. The second-order valence-electron chi connectivity index (χ2n) is 5.06. The van der Waals surface area contributed by atoms with Crippen LogP contribution < -0.4 is 0 Å². The predicted molar refractivity (Wildman–Crippen MR) is 293 cm³/mol. The molecule has 176 valence electrons. The fraction of sp³-hybridized carbons (Fsp3) is 1.00. The molecule has 29 heavy (non-hydrogen) atoms. The van der Waals surface area contributed by atoms with Crippen LogP contribution in [-0.4, -0.2) is 16.2 Å². The van der Waals surface area contributed by atoms with Crippen LogP contribution in [0.15, 0.2) is 0 Å². The van der Waals surface area contributed by atoms with Crippen molar-refractivity contribution >= 4 is 429 Å². The molecule has 1 N–H and O–H groups in total. The van der Waals surface area contributed by atoms with Gasteiger partial charge in [-0.1, -0.05) is 407 Å². The summed E-state index contributed by atoms with van der Waals surface area (Å²) in [6.45, 7) is 0. The van der Waals surface area contributed by atoms with Gasteiger partial charge in [0.25, 0.3) is 0 Å². The number of hydrogen-bond donors (Lipinski definition) is 1. The maximum Gasteiger partial charge on any atom is 0.173 e. The largest absolute Gasteiger partial charge is 0.374 e. The van der Waals surface area contributed by atoms with Gasteiger partial charge in [-0.15, -0.1) is 0 Å². The molecule has 0 spiro atoms. The Hall–Kier alpha value is 13.8. The van der Waals surface area contributed by atoms with Gasteiger partial charge < -0.3 is 5.11 Å². The van der Waals surface area contributed by atoms with Crippen molar-refractivity contribution in [3.05, 3.63) is 0 Å². The van der Waals surface area contributed by atoms with Gasteiger partial charge in [-0.2, -0.15) is 0 Å². The molecule has 1 nitrogen and oxygen atoms in total. The highest BCUT2D eigenvalue weighted by Crippen LogP contribution is 2.79. The van der Waals surface area contributed by atoms with Crippen molar-refractivity contribution in [3.8, 4) is 0 Å². The van der Waals surface area contributed by atoms with Crippen LogP contribution in [0.2, 0.25) is 0 Å². The molecule has 0 fully saturated rings. The van der Waals surface area contributed by atoms with Gasteiger partial charge in [0.05, 0.1) is 0 Å². The van der Waals surface area contributed by atoms with Gasteiger partial charge in [0.1, 0.15) is 8.01 Å². The average Bonchev–Trinajstić information content (AvgIpc) is 2.43. The van der Waals surface area contributed by atoms with Crippen LogP contribution in [0.4, 0.5) is 0 Å². The molecule has 0 radical (unpaired) electrons. The minimum absolute atomic E-state index is 0.0193. The molecule has 0 rings (SSSR count). The van der Waals surface area contributed by atoms with Crippen LogP contribution >= 0.6 is 429 Å². The molecule has 20 heteroatoms. The lowest BCUT2D eigenvalue weighted by atomic mass is 10.1. The van der Waals surface area contributed by atoms with Gasteiger partial charge in [0.15, 0.2) is 3.04 Å². The molecule has 0 aliphatic carbocycles. The Labute approximate surface area is 430 Å². The van der Waals surface area contributed by atoms with E-state index in [9.17, 15) is 5.11 Å². The average molecular weight is 2540 g/mol. The summed E-state index contributed by atoms with van der Waals surface area (Å²) in [4.78, 5) is 0. The van der Waals surface area contributed by atoms with Crippen molar-refractivity contribution in [1.82, 2.24) is 0 Å². The summed E-state index contributed by atoms with van der Waals surface area (Å²) < 4.78 is -2.65. The molecule has 0 bridgehead atoms. The monoisotopic (exact) mass is 2540 g/mol. The minimum atomic E-state index is -0.960. The van der Waals surface area contributed by atoms with Crippen molar-refractivity contribution in [3.63, 3.8) is 0 Å². The highest BCUT2D eigenvalue weighted by molar-refractivity contribution is 14.3. The zero-order chi connectivity index (χ0) is 24.5. The quantitative estimate of drug-likeness (QED) is 0.190. The number of hydrogen-bond acceptors (Lipinski definition) is 1. The Morgan fingerprint density at radius 2 is 0.483 bits per heavy atom. The molecular formula is C9HI19O. The van der Waals surface area contributed by atoms with Crippen molar-refractivity contribution in [2.24, 2.45) is 0 Å². The third-order valence-electron chi connectivity index (χ3n) is 3.12. The Morgan fingerprint density at radius 3 is 0.690 bits per heavy atom. The first-order valence-electron chi connectivity index (χ1n) is 5.81. The van der Waals surface area contributed by atoms with Gasteiger partial charge >= 0.3 is 0 Å². The summed E-state index contributed by atoms with van der Waals surface area (Å²) in [5.74, 6) is 0. The molecule has 0 aromatic carbocycles. The van der Waals surface area contributed by atoms with E-state index in [1.165, 1.54) is 0 Å². The number of aliphatic hydroxyl groups is 1. The van der Waals surface area contributed by atoms with Crippen molar-refractivity contribution in [1.29, 1.82) is 0 Å². The van der Waals surface area contributed by atoms with Gasteiger partial charge in [0.2, 0.25) is 0 Å². The highest BCUT2D eigenvalue weighted by atomic mass is 127. The molecule has 1 unspecified atom stereocenters. The van der Waals surface area contributed by atoms with E-state index in [4.69, 9.17) is 0 Å². The maximum atomic E-state index is 11.8. The number of alkyl halides is 19. The third kappa shape index (κ3) is 9.01. The predicted octanol–water partition coefficient (Wildman–Crippen LogP) is 14.4. The minimum Gasteiger partial charge on any atom is -0.374 e. The van der Waals surface area contributed by atoms with E-state index >= 15 is 0 Å². The smallest absolute Gasteiger partial charge is 0.173 e. The maximum absolute atomic E-state index is 11.8. The Kier molecular flexibility index (Phi) is 22.4. The Morgan fingerprint density at radius 1 is 0.276 bits per heavy atom. The molecule has 0 saturated carbocycles. The fourth-order valence-electron chi connectivity index (χ4n) is 1.35.